The summed E-state index contributed by atoms with van der Waals surface area (Å²) in [4.78, 5) is 10.9. The number of ether oxygens (including phenoxy) is 2. The van der Waals surface area contributed by atoms with Crippen molar-refractivity contribution < 1.29 is 14.3 Å². The van der Waals surface area contributed by atoms with Gasteiger partial charge in [0, 0.05) is 6.04 Å². The van der Waals surface area contributed by atoms with Gasteiger partial charge < -0.3 is 15.2 Å². The lowest BCUT2D eigenvalue weighted by molar-refractivity contribution is -0.142. The van der Waals surface area contributed by atoms with Gasteiger partial charge in [-0.25, -0.2) is 4.79 Å². The molecule has 2 N–H and O–H groups in total. The Morgan fingerprint density at radius 2 is 2.00 bits per heavy atom. The molecule has 1 atom stereocenters. The standard InChI is InChI=1S/C13H19NO3/c1-10(14)3-4-11-5-7-12(8-6-11)17-9-13(15)16-2/h5-8,10H,3-4,9,14H2,1-2H3. The van der Waals surface area contributed by atoms with Crippen LogP contribution in [-0.2, 0) is 16.0 Å². The molecular formula is C13H19NO3. The maximum atomic E-state index is 10.9. The minimum atomic E-state index is -0.383. The average molecular weight is 237 g/mol. The Labute approximate surface area is 102 Å². The van der Waals surface area contributed by atoms with E-state index in [4.69, 9.17) is 10.5 Å². The molecule has 1 aromatic carbocycles. The first-order valence-corrected chi connectivity index (χ1v) is 5.66. The normalized spacial score (nSPS) is 11.9. The molecule has 4 heteroatoms. The van der Waals surface area contributed by atoms with Crippen LogP contribution in [0.15, 0.2) is 24.3 Å². The Bertz CT molecular complexity index is 346. The van der Waals surface area contributed by atoms with E-state index < -0.39 is 0 Å². The first kappa shape index (κ1) is 13.5. The molecule has 0 saturated carbocycles. The maximum absolute atomic E-state index is 10.9. The minimum absolute atomic E-state index is 0.0598. The van der Waals surface area contributed by atoms with Gasteiger partial charge in [0.25, 0.3) is 0 Å². The highest BCUT2D eigenvalue weighted by atomic mass is 16.6. The van der Waals surface area contributed by atoms with Gasteiger partial charge in [-0.1, -0.05) is 12.1 Å². The molecule has 0 spiro atoms. The predicted octanol–water partition coefficient (Wildman–Crippen LogP) is 1.52. The topological polar surface area (TPSA) is 61.5 Å². The fraction of sp³-hybridized carbons (Fsp3) is 0.462. The number of benzene rings is 1. The average Bonchev–Trinajstić information content (AvgIpc) is 2.34. The summed E-state index contributed by atoms with van der Waals surface area (Å²) in [5, 5.41) is 0. The highest BCUT2D eigenvalue weighted by Crippen LogP contribution is 2.13. The molecule has 0 fully saturated rings. The van der Waals surface area contributed by atoms with Gasteiger partial charge >= 0.3 is 5.97 Å². The van der Waals surface area contributed by atoms with E-state index in [0.717, 1.165) is 12.8 Å². The van der Waals surface area contributed by atoms with Crippen LogP contribution in [-0.4, -0.2) is 25.7 Å². The van der Waals surface area contributed by atoms with E-state index in [0.29, 0.717) is 5.75 Å². The summed E-state index contributed by atoms with van der Waals surface area (Å²) in [6.45, 7) is 1.93. The van der Waals surface area contributed by atoms with Crippen molar-refractivity contribution in [3.63, 3.8) is 0 Å². The molecule has 4 nitrogen and oxygen atoms in total. The number of nitrogens with two attached hydrogens (primary N) is 1. The van der Waals surface area contributed by atoms with Crippen LogP contribution in [0.3, 0.4) is 0 Å². The molecule has 94 valence electrons. The first-order valence-electron chi connectivity index (χ1n) is 5.66. The van der Waals surface area contributed by atoms with Crippen LogP contribution in [0.5, 0.6) is 5.75 Å². The van der Waals surface area contributed by atoms with Gasteiger partial charge in [0.15, 0.2) is 6.61 Å². The minimum Gasteiger partial charge on any atom is -0.482 e. The van der Waals surface area contributed by atoms with Crippen LogP contribution >= 0.6 is 0 Å². The number of carbonyl (C=O) groups excluding carboxylic acids is 1. The molecule has 0 aromatic heterocycles. The maximum Gasteiger partial charge on any atom is 0.343 e. The molecule has 0 amide bonds. The Hall–Kier alpha value is -1.55. The second-order valence-corrected chi connectivity index (χ2v) is 4.02. The van der Waals surface area contributed by atoms with Crippen molar-refractivity contribution in [1.82, 2.24) is 0 Å². The molecule has 1 rings (SSSR count). The zero-order valence-electron chi connectivity index (χ0n) is 10.3. The molecule has 17 heavy (non-hydrogen) atoms. The number of esters is 1. The van der Waals surface area contributed by atoms with Crippen molar-refractivity contribution in [1.29, 1.82) is 0 Å². The Balaban J connectivity index is 2.42. The van der Waals surface area contributed by atoms with E-state index in [2.05, 4.69) is 4.74 Å². The number of aryl methyl sites for hydroxylation is 1. The fourth-order valence-corrected chi connectivity index (χ4v) is 1.35. The number of rotatable bonds is 6. The Morgan fingerprint density at radius 3 is 2.53 bits per heavy atom. The molecule has 1 aromatic rings. The smallest absolute Gasteiger partial charge is 0.343 e. The van der Waals surface area contributed by atoms with E-state index in [-0.39, 0.29) is 18.6 Å². The second-order valence-electron chi connectivity index (χ2n) is 4.02. The van der Waals surface area contributed by atoms with Crippen molar-refractivity contribution in [2.75, 3.05) is 13.7 Å². The number of hydrogen-bond donors (Lipinski definition) is 1. The second kappa shape index (κ2) is 6.91. The van der Waals surface area contributed by atoms with Crippen LogP contribution in [0.4, 0.5) is 0 Å². The van der Waals surface area contributed by atoms with Crippen LogP contribution in [0.2, 0.25) is 0 Å². The van der Waals surface area contributed by atoms with E-state index in [1.54, 1.807) is 0 Å². The lowest BCUT2D eigenvalue weighted by Crippen LogP contribution is -2.15. The summed E-state index contributed by atoms with van der Waals surface area (Å²) in [5.74, 6) is 0.283. The lowest BCUT2D eigenvalue weighted by atomic mass is 10.1. The Morgan fingerprint density at radius 1 is 1.35 bits per heavy atom. The van der Waals surface area contributed by atoms with Gasteiger partial charge in [-0.05, 0) is 37.5 Å². The quantitative estimate of drug-likeness (QED) is 0.762. The molecular weight excluding hydrogens is 218 g/mol. The molecule has 0 aliphatic rings. The van der Waals surface area contributed by atoms with Gasteiger partial charge in [-0.3, -0.25) is 0 Å². The molecule has 0 saturated heterocycles. The van der Waals surface area contributed by atoms with E-state index >= 15 is 0 Å². The fourth-order valence-electron chi connectivity index (χ4n) is 1.35. The predicted molar refractivity (Wildman–Crippen MR) is 65.9 cm³/mol. The largest absolute Gasteiger partial charge is 0.482 e. The Kier molecular flexibility index (Phi) is 5.49. The van der Waals surface area contributed by atoms with E-state index in [1.807, 2.05) is 31.2 Å². The zero-order valence-corrected chi connectivity index (χ0v) is 10.3. The molecule has 0 aliphatic heterocycles. The lowest BCUT2D eigenvalue weighted by Gasteiger charge is -2.07. The van der Waals surface area contributed by atoms with Gasteiger partial charge in [-0.2, -0.15) is 0 Å². The summed E-state index contributed by atoms with van der Waals surface area (Å²) in [6, 6.07) is 7.87. The zero-order chi connectivity index (χ0) is 12.7. The summed E-state index contributed by atoms with van der Waals surface area (Å²) < 4.78 is 9.72. The number of hydrogen-bond acceptors (Lipinski definition) is 4. The highest BCUT2D eigenvalue weighted by molar-refractivity contribution is 5.70. The van der Waals surface area contributed by atoms with Gasteiger partial charge in [0.2, 0.25) is 0 Å². The molecule has 1 unspecified atom stereocenters. The molecule has 0 heterocycles. The summed E-state index contributed by atoms with van der Waals surface area (Å²) >= 11 is 0. The number of carbonyl (C=O) groups is 1. The summed E-state index contributed by atoms with van der Waals surface area (Å²) in [5.41, 5.74) is 6.91. The first-order chi connectivity index (χ1) is 8.11. The monoisotopic (exact) mass is 237 g/mol. The number of methoxy groups -OCH3 is 1. The van der Waals surface area contributed by atoms with Crippen molar-refractivity contribution in [2.24, 2.45) is 5.73 Å². The SMILES string of the molecule is COC(=O)COc1ccc(CCC(C)N)cc1. The van der Waals surface area contributed by atoms with Crippen molar-refractivity contribution >= 4 is 5.97 Å². The molecule has 0 radical (unpaired) electrons. The van der Waals surface area contributed by atoms with Crippen LogP contribution < -0.4 is 10.5 Å². The van der Waals surface area contributed by atoms with Gasteiger partial charge in [0.1, 0.15) is 5.75 Å². The third-order valence-corrected chi connectivity index (χ3v) is 2.40. The summed E-state index contributed by atoms with van der Waals surface area (Å²) in [6.07, 6.45) is 1.91. The van der Waals surface area contributed by atoms with Crippen LogP contribution in [0, 0.1) is 0 Å². The van der Waals surface area contributed by atoms with E-state index in [9.17, 15) is 4.79 Å². The molecule has 0 aliphatic carbocycles. The van der Waals surface area contributed by atoms with Crippen LogP contribution in [0.25, 0.3) is 0 Å². The van der Waals surface area contributed by atoms with E-state index in [1.165, 1.54) is 12.7 Å². The van der Waals surface area contributed by atoms with Crippen molar-refractivity contribution in [3.05, 3.63) is 29.8 Å². The van der Waals surface area contributed by atoms with Gasteiger partial charge in [0.05, 0.1) is 7.11 Å². The third-order valence-electron chi connectivity index (χ3n) is 2.40. The van der Waals surface area contributed by atoms with Gasteiger partial charge in [-0.15, -0.1) is 0 Å². The van der Waals surface area contributed by atoms with Crippen molar-refractivity contribution in [2.45, 2.75) is 25.8 Å². The third kappa shape index (κ3) is 5.36. The molecule has 0 bridgehead atoms. The highest BCUT2D eigenvalue weighted by Gasteiger charge is 2.02. The van der Waals surface area contributed by atoms with Crippen LogP contribution in [0.1, 0.15) is 18.9 Å². The van der Waals surface area contributed by atoms with Crippen molar-refractivity contribution in [3.8, 4) is 5.75 Å². The summed E-state index contributed by atoms with van der Waals surface area (Å²) in [7, 11) is 1.34.